The van der Waals surface area contributed by atoms with Gasteiger partial charge in [0, 0.05) is 60.8 Å². The molecule has 254 valence electrons. The molecule has 13 heteroatoms. The first-order valence-corrected chi connectivity index (χ1v) is 17.3. The van der Waals surface area contributed by atoms with E-state index in [0.717, 1.165) is 31.6 Å². The fourth-order valence-corrected chi connectivity index (χ4v) is 7.62. The van der Waals surface area contributed by atoms with Crippen LogP contribution in [0.25, 0.3) is 10.8 Å². The Labute approximate surface area is 276 Å². The summed E-state index contributed by atoms with van der Waals surface area (Å²) in [6.07, 6.45) is 1.78. The number of nitrogens with zero attached hydrogens (tertiary/aromatic N) is 2. The predicted octanol–water partition coefficient (Wildman–Crippen LogP) is 4.48. The quantitative estimate of drug-likeness (QED) is 0.221. The van der Waals surface area contributed by atoms with Gasteiger partial charge in [0.2, 0.25) is 10.0 Å². The van der Waals surface area contributed by atoms with Gasteiger partial charge in [0.1, 0.15) is 0 Å². The highest BCUT2D eigenvalue weighted by Gasteiger charge is 2.29. The van der Waals surface area contributed by atoms with Crippen LogP contribution in [-0.2, 0) is 24.3 Å². The number of amides is 2. The number of piperidine rings is 1. The minimum absolute atomic E-state index is 0.146. The number of carbonyl (C=O) groups excluding carboxylic acids is 2. The number of hydrogen-bond donors (Lipinski definition) is 3. The zero-order valence-electron chi connectivity index (χ0n) is 27.1. The van der Waals surface area contributed by atoms with Crippen molar-refractivity contribution in [2.24, 2.45) is 0 Å². The van der Waals surface area contributed by atoms with E-state index in [-0.39, 0.29) is 41.6 Å². The van der Waals surface area contributed by atoms with Gasteiger partial charge in [-0.3, -0.25) is 14.5 Å². The molecule has 0 spiro atoms. The monoisotopic (exact) mass is 668 g/mol. The average molecular weight is 669 g/mol. The SMILES string of the molecule is Cc1ccccc1C(=O)Nc1ccc(S(=O)(=O)NC2CCN(C(=O)OCCCN3CC(C)OC(C)C3)CC2)c2ccccc12.O=CO. The van der Waals surface area contributed by atoms with Crippen LogP contribution in [0, 0.1) is 6.92 Å². The van der Waals surface area contributed by atoms with Gasteiger partial charge in [-0.1, -0.05) is 42.5 Å². The summed E-state index contributed by atoms with van der Waals surface area (Å²) in [5.74, 6) is -0.256. The van der Waals surface area contributed by atoms with Gasteiger partial charge in [0.25, 0.3) is 12.4 Å². The van der Waals surface area contributed by atoms with Crippen molar-refractivity contribution in [3.8, 4) is 0 Å². The van der Waals surface area contributed by atoms with Crippen LogP contribution in [0.3, 0.4) is 0 Å². The number of likely N-dealkylation sites (tertiary alicyclic amines) is 1. The Hall–Kier alpha value is -4.04. The van der Waals surface area contributed by atoms with E-state index in [1.165, 1.54) is 6.07 Å². The molecule has 12 nitrogen and oxygen atoms in total. The Morgan fingerprint density at radius 3 is 2.26 bits per heavy atom. The van der Waals surface area contributed by atoms with Crippen molar-refractivity contribution in [1.29, 1.82) is 0 Å². The molecular weight excluding hydrogens is 624 g/mol. The Kier molecular flexibility index (Phi) is 12.7. The van der Waals surface area contributed by atoms with Gasteiger partial charge < -0.3 is 24.8 Å². The molecule has 47 heavy (non-hydrogen) atoms. The highest BCUT2D eigenvalue weighted by Crippen LogP contribution is 2.30. The number of carboxylic acid groups (broad SMARTS) is 1. The summed E-state index contributed by atoms with van der Waals surface area (Å²) in [7, 11) is -3.88. The number of rotatable bonds is 9. The van der Waals surface area contributed by atoms with Crippen molar-refractivity contribution in [2.45, 2.75) is 63.2 Å². The molecule has 3 aromatic rings. The molecule has 2 amide bonds. The topological polar surface area (TPSA) is 155 Å². The molecule has 2 saturated heterocycles. The zero-order valence-corrected chi connectivity index (χ0v) is 27.9. The van der Waals surface area contributed by atoms with Crippen LogP contribution < -0.4 is 10.0 Å². The molecule has 2 atom stereocenters. The third kappa shape index (κ3) is 9.74. The molecule has 2 aliphatic heterocycles. The first-order chi connectivity index (χ1) is 22.5. The van der Waals surface area contributed by atoms with Crippen molar-refractivity contribution in [3.63, 3.8) is 0 Å². The highest BCUT2D eigenvalue weighted by molar-refractivity contribution is 7.89. The molecule has 0 aromatic heterocycles. The number of aryl methyl sites for hydroxylation is 1. The Morgan fingerprint density at radius 1 is 0.979 bits per heavy atom. The number of fused-ring (bicyclic) bond motifs is 1. The van der Waals surface area contributed by atoms with Crippen LogP contribution in [-0.4, -0.2) is 99.4 Å². The lowest BCUT2D eigenvalue weighted by Crippen LogP contribution is -2.47. The summed E-state index contributed by atoms with van der Waals surface area (Å²) in [5.41, 5.74) is 1.95. The van der Waals surface area contributed by atoms with Crippen molar-refractivity contribution in [1.82, 2.24) is 14.5 Å². The summed E-state index contributed by atoms with van der Waals surface area (Å²) >= 11 is 0. The predicted molar refractivity (Wildman–Crippen MR) is 179 cm³/mol. The lowest BCUT2D eigenvalue weighted by molar-refractivity contribution is -0.122. The van der Waals surface area contributed by atoms with Gasteiger partial charge in [0.05, 0.1) is 23.7 Å². The molecule has 3 aromatic carbocycles. The minimum atomic E-state index is -3.88. The fourth-order valence-electron chi connectivity index (χ4n) is 6.10. The highest BCUT2D eigenvalue weighted by atomic mass is 32.2. The molecule has 0 aliphatic carbocycles. The molecule has 3 N–H and O–H groups in total. The van der Waals surface area contributed by atoms with E-state index in [1.54, 1.807) is 35.2 Å². The number of carbonyl (C=O) groups is 3. The summed E-state index contributed by atoms with van der Waals surface area (Å²) < 4.78 is 41.2. The number of sulfonamides is 1. The lowest BCUT2D eigenvalue weighted by atomic mass is 10.1. The lowest BCUT2D eigenvalue weighted by Gasteiger charge is -2.35. The van der Waals surface area contributed by atoms with Gasteiger partial charge in [-0.05, 0) is 63.8 Å². The maximum atomic E-state index is 13.6. The van der Waals surface area contributed by atoms with Crippen molar-refractivity contribution < 1.29 is 37.4 Å². The van der Waals surface area contributed by atoms with Crippen LogP contribution in [0.5, 0.6) is 0 Å². The van der Waals surface area contributed by atoms with Gasteiger partial charge >= 0.3 is 6.09 Å². The van der Waals surface area contributed by atoms with Crippen molar-refractivity contribution >= 4 is 45.0 Å². The maximum absolute atomic E-state index is 13.6. The van der Waals surface area contributed by atoms with E-state index in [4.69, 9.17) is 19.4 Å². The zero-order chi connectivity index (χ0) is 34.0. The number of anilines is 1. The smallest absolute Gasteiger partial charge is 0.409 e. The molecule has 2 heterocycles. The van der Waals surface area contributed by atoms with Crippen LogP contribution in [0.1, 0.15) is 49.0 Å². The molecule has 2 aliphatic rings. The number of nitrogens with one attached hydrogen (secondary N) is 2. The normalized spacial score (nSPS) is 19.0. The van der Waals surface area contributed by atoms with Gasteiger partial charge in [0.15, 0.2) is 0 Å². The van der Waals surface area contributed by atoms with E-state index in [9.17, 15) is 18.0 Å². The summed E-state index contributed by atoms with van der Waals surface area (Å²) in [6, 6.07) is 17.3. The molecule has 2 fully saturated rings. The maximum Gasteiger partial charge on any atom is 0.409 e. The minimum Gasteiger partial charge on any atom is -0.483 e. The molecular formula is C34H44N4O8S. The van der Waals surface area contributed by atoms with E-state index < -0.39 is 10.0 Å². The van der Waals surface area contributed by atoms with Crippen molar-refractivity contribution in [3.05, 3.63) is 71.8 Å². The Balaban J connectivity index is 0.00000160. The molecule has 5 rings (SSSR count). The van der Waals surface area contributed by atoms with E-state index in [0.29, 0.717) is 54.6 Å². The first kappa shape index (κ1) is 35.8. The molecule has 0 bridgehead atoms. The van der Waals surface area contributed by atoms with E-state index >= 15 is 0 Å². The van der Waals surface area contributed by atoms with Gasteiger partial charge in [-0.2, -0.15) is 0 Å². The van der Waals surface area contributed by atoms with Crippen molar-refractivity contribution in [2.75, 3.05) is 44.6 Å². The van der Waals surface area contributed by atoms with E-state index in [1.807, 2.05) is 31.2 Å². The standard InChI is InChI=1S/C33H42N4O6S.CH2O2/c1-23-9-4-5-10-27(23)32(38)34-30-13-14-31(29-12-7-6-11-28(29)30)44(40,41)35-26-15-18-37(19-16-26)33(39)42-20-8-17-36-21-24(2)43-25(3)22-36;2-1-3/h4-7,9-14,24-26,35H,8,15-22H2,1-3H3,(H,34,38);1H,(H,2,3). The van der Waals surface area contributed by atoms with Crippen LogP contribution >= 0.6 is 0 Å². The third-order valence-corrected chi connectivity index (χ3v) is 9.80. The second-order valence-electron chi connectivity index (χ2n) is 11.9. The largest absolute Gasteiger partial charge is 0.483 e. The Bertz CT molecular complexity index is 1630. The number of morpholine rings is 1. The second kappa shape index (κ2) is 16.7. The number of ether oxygens (including phenoxy) is 2. The van der Waals surface area contributed by atoms with Crippen LogP contribution in [0.4, 0.5) is 10.5 Å². The fraction of sp³-hybridized carbons (Fsp3) is 0.441. The van der Waals surface area contributed by atoms with Gasteiger partial charge in [-0.15, -0.1) is 0 Å². The summed E-state index contributed by atoms with van der Waals surface area (Å²) in [4.78, 5) is 38.1. The number of hydrogen-bond acceptors (Lipinski definition) is 8. The Morgan fingerprint density at radius 2 is 1.60 bits per heavy atom. The molecule has 2 unspecified atom stereocenters. The average Bonchev–Trinajstić information content (AvgIpc) is 3.03. The second-order valence-corrected chi connectivity index (χ2v) is 13.6. The van der Waals surface area contributed by atoms with Gasteiger partial charge in [-0.25, -0.2) is 17.9 Å². The summed E-state index contributed by atoms with van der Waals surface area (Å²) in [5, 5.41) is 11.0. The first-order valence-electron chi connectivity index (χ1n) is 15.8. The summed E-state index contributed by atoms with van der Waals surface area (Å²) in [6.45, 7) is 9.54. The number of benzene rings is 3. The third-order valence-electron chi connectivity index (χ3n) is 8.23. The molecule has 0 radical (unpaired) electrons. The van der Waals surface area contributed by atoms with Crippen LogP contribution in [0.2, 0.25) is 0 Å². The van der Waals surface area contributed by atoms with Crippen LogP contribution in [0.15, 0.2) is 65.6 Å². The molecule has 0 saturated carbocycles. The van der Waals surface area contributed by atoms with E-state index in [2.05, 4.69) is 28.8 Å².